The first-order valence-electron chi connectivity index (χ1n) is 9.98. The summed E-state index contributed by atoms with van der Waals surface area (Å²) in [5.41, 5.74) is 1.72. The maximum absolute atomic E-state index is 12.2. The van der Waals surface area contributed by atoms with Crippen molar-refractivity contribution in [1.82, 2.24) is 10.6 Å². The Labute approximate surface area is 175 Å². The van der Waals surface area contributed by atoms with E-state index in [1.165, 1.54) is 12.1 Å². The van der Waals surface area contributed by atoms with E-state index >= 15 is 0 Å². The lowest BCUT2D eigenvalue weighted by atomic mass is 10.1. The number of halogens is 2. The Bertz CT molecular complexity index is 785. The largest absolute Gasteiger partial charge is 0.494 e. The minimum atomic E-state index is -2.87. The summed E-state index contributed by atoms with van der Waals surface area (Å²) in [6.45, 7) is 3.14. The summed E-state index contributed by atoms with van der Waals surface area (Å²) in [4.78, 5) is 4.41. The molecule has 0 amide bonds. The molecule has 0 aliphatic heterocycles. The molecule has 1 atom stereocenters. The van der Waals surface area contributed by atoms with E-state index in [1.807, 2.05) is 38.1 Å². The van der Waals surface area contributed by atoms with Crippen molar-refractivity contribution in [2.75, 3.05) is 26.2 Å². The van der Waals surface area contributed by atoms with Crippen molar-refractivity contribution in [2.45, 2.75) is 33.0 Å². The van der Waals surface area contributed by atoms with Crippen LogP contribution in [0.4, 0.5) is 8.78 Å². The fourth-order valence-electron chi connectivity index (χ4n) is 2.78. The predicted molar refractivity (Wildman–Crippen MR) is 113 cm³/mol. The van der Waals surface area contributed by atoms with Crippen LogP contribution in [0.5, 0.6) is 11.5 Å². The molecule has 0 fully saturated rings. The summed E-state index contributed by atoms with van der Waals surface area (Å²) in [6, 6.07) is 13.8. The summed E-state index contributed by atoms with van der Waals surface area (Å²) in [5.74, 6) is 1.49. The molecule has 0 bridgehead atoms. The Morgan fingerprint density at radius 1 is 1.07 bits per heavy atom. The number of rotatable bonds is 11. The third kappa shape index (κ3) is 8.24. The molecule has 164 valence electrons. The molecular formula is C22H29F2N3O3. The molecule has 0 aromatic heterocycles. The second-order valence-electron chi connectivity index (χ2n) is 6.44. The zero-order chi connectivity index (χ0) is 21.8. The van der Waals surface area contributed by atoms with Gasteiger partial charge >= 0.3 is 6.61 Å². The molecule has 2 aromatic carbocycles. The van der Waals surface area contributed by atoms with Gasteiger partial charge in [-0.05, 0) is 55.7 Å². The van der Waals surface area contributed by atoms with E-state index in [-0.39, 0.29) is 12.3 Å². The predicted octanol–water partition coefficient (Wildman–Crippen LogP) is 3.52. The van der Waals surface area contributed by atoms with Crippen LogP contribution >= 0.6 is 0 Å². The summed E-state index contributed by atoms with van der Waals surface area (Å²) in [5, 5.41) is 16.7. The van der Waals surface area contributed by atoms with Crippen LogP contribution in [0.2, 0.25) is 0 Å². The Morgan fingerprint density at radius 2 is 1.83 bits per heavy atom. The van der Waals surface area contributed by atoms with Crippen molar-refractivity contribution in [2.24, 2.45) is 4.99 Å². The highest BCUT2D eigenvalue weighted by molar-refractivity contribution is 5.79. The van der Waals surface area contributed by atoms with E-state index in [0.717, 1.165) is 17.7 Å². The molecule has 0 radical (unpaired) electrons. The van der Waals surface area contributed by atoms with E-state index in [1.54, 1.807) is 12.1 Å². The van der Waals surface area contributed by atoms with E-state index in [2.05, 4.69) is 20.4 Å². The van der Waals surface area contributed by atoms with Crippen LogP contribution in [-0.4, -0.2) is 43.9 Å². The van der Waals surface area contributed by atoms with Crippen molar-refractivity contribution in [3.63, 3.8) is 0 Å². The first kappa shape index (κ1) is 23.4. The van der Waals surface area contributed by atoms with E-state index in [0.29, 0.717) is 31.2 Å². The Morgan fingerprint density at radius 3 is 2.50 bits per heavy atom. The van der Waals surface area contributed by atoms with Gasteiger partial charge in [-0.2, -0.15) is 8.78 Å². The molecule has 2 aromatic rings. The van der Waals surface area contributed by atoms with Crippen LogP contribution < -0.4 is 20.1 Å². The molecule has 0 saturated heterocycles. The van der Waals surface area contributed by atoms with E-state index in [4.69, 9.17) is 4.74 Å². The lowest BCUT2D eigenvalue weighted by Gasteiger charge is -2.14. The van der Waals surface area contributed by atoms with Gasteiger partial charge in [0.05, 0.1) is 19.3 Å². The number of aliphatic hydroxyl groups excluding tert-OH is 1. The van der Waals surface area contributed by atoms with Crippen LogP contribution in [0, 0.1) is 0 Å². The van der Waals surface area contributed by atoms with E-state index < -0.39 is 12.7 Å². The quantitative estimate of drug-likeness (QED) is 0.382. The number of ether oxygens (including phenoxy) is 2. The van der Waals surface area contributed by atoms with Crippen LogP contribution in [0.25, 0.3) is 0 Å². The SMILES string of the molecule is CCNC(=NCC(O)c1ccc(OC(F)F)cc1)NCCc1cccc(OCC)c1. The molecule has 6 nitrogen and oxygen atoms in total. The third-order valence-electron chi connectivity index (χ3n) is 4.17. The summed E-state index contributed by atoms with van der Waals surface area (Å²) >= 11 is 0. The van der Waals surface area contributed by atoms with Crippen LogP contribution in [-0.2, 0) is 6.42 Å². The minimum absolute atomic E-state index is 0.0489. The number of guanidine groups is 1. The van der Waals surface area contributed by atoms with Crippen molar-refractivity contribution in [1.29, 1.82) is 0 Å². The number of nitrogens with one attached hydrogen (secondary N) is 2. The first-order chi connectivity index (χ1) is 14.5. The summed E-state index contributed by atoms with van der Waals surface area (Å²) in [7, 11) is 0. The Balaban J connectivity index is 1.87. The lowest BCUT2D eigenvalue weighted by molar-refractivity contribution is -0.0498. The average molecular weight is 421 g/mol. The standard InChI is InChI=1S/C22H29F2N3O3/c1-3-25-22(26-13-12-16-6-5-7-19(14-16)29-4-2)27-15-20(28)17-8-10-18(11-9-17)30-21(23)24/h5-11,14,20-21,28H,3-4,12-13,15H2,1-2H3,(H2,25,26,27). The van der Waals surface area contributed by atoms with Gasteiger partial charge in [0.15, 0.2) is 5.96 Å². The molecule has 0 saturated carbocycles. The van der Waals surface area contributed by atoms with Gasteiger partial charge in [0.1, 0.15) is 11.5 Å². The number of hydrogen-bond donors (Lipinski definition) is 3. The number of hydrogen-bond acceptors (Lipinski definition) is 4. The lowest BCUT2D eigenvalue weighted by Crippen LogP contribution is -2.38. The average Bonchev–Trinajstić information content (AvgIpc) is 2.72. The smallest absolute Gasteiger partial charge is 0.387 e. The fourth-order valence-corrected chi connectivity index (χ4v) is 2.78. The molecule has 0 aliphatic carbocycles. The third-order valence-corrected chi connectivity index (χ3v) is 4.17. The molecule has 1 unspecified atom stereocenters. The van der Waals surface area contributed by atoms with Crippen molar-refractivity contribution in [3.05, 3.63) is 59.7 Å². The van der Waals surface area contributed by atoms with Crippen molar-refractivity contribution < 1.29 is 23.4 Å². The number of benzene rings is 2. The van der Waals surface area contributed by atoms with Crippen molar-refractivity contribution in [3.8, 4) is 11.5 Å². The molecule has 0 spiro atoms. The Kier molecular flexibility index (Phi) is 9.86. The zero-order valence-corrected chi connectivity index (χ0v) is 17.3. The van der Waals surface area contributed by atoms with Gasteiger partial charge < -0.3 is 25.2 Å². The zero-order valence-electron chi connectivity index (χ0n) is 17.3. The topological polar surface area (TPSA) is 75.1 Å². The number of alkyl halides is 2. The van der Waals surface area contributed by atoms with Gasteiger partial charge in [0.25, 0.3) is 0 Å². The molecule has 8 heteroatoms. The molecular weight excluding hydrogens is 392 g/mol. The normalized spacial score (nSPS) is 12.5. The Hall–Kier alpha value is -2.87. The molecule has 30 heavy (non-hydrogen) atoms. The molecule has 0 aliphatic rings. The van der Waals surface area contributed by atoms with Crippen LogP contribution in [0.3, 0.4) is 0 Å². The van der Waals surface area contributed by atoms with Gasteiger partial charge in [0, 0.05) is 13.1 Å². The van der Waals surface area contributed by atoms with Gasteiger partial charge in [-0.25, -0.2) is 0 Å². The van der Waals surface area contributed by atoms with Gasteiger partial charge in [-0.3, -0.25) is 4.99 Å². The second kappa shape index (κ2) is 12.6. The monoisotopic (exact) mass is 421 g/mol. The van der Waals surface area contributed by atoms with Crippen molar-refractivity contribution >= 4 is 5.96 Å². The number of nitrogens with zero attached hydrogens (tertiary/aromatic N) is 1. The molecule has 2 rings (SSSR count). The fraction of sp³-hybridized carbons (Fsp3) is 0.409. The minimum Gasteiger partial charge on any atom is -0.494 e. The highest BCUT2D eigenvalue weighted by Gasteiger charge is 2.09. The molecule has 0 heterocycles. The van der Waals surface area contributed by atoms with E-state index in [9.17, 15) is 13.9 Å². The van der Waals surface area contributed by atoms with Gasteiger partial charge in [-0.1, -0.05) is 24.3 Å². The number of aliphatic hydroxyl groups is 1. The first-order valence-corrected chi connectivity index (χ1v) is 9.98. The maximum atomic E-state index is 12.2. The molecule has 3 N–H and O–H groups in total. The van der Waals surface area contributed by atoms with Gasteiger partial charge in [-0.15, -0.1) is 0 Å². The summed E-state index contributed by atoms with van der Waals surface area (Å²) < 4.78 is 34.3. The highest BCUT2D eigenvalue weighted by Crippen LogP contribution is 2.19. The maximum Gasteiger partial charge on any atom is 0.387 e. The number of aliphatic imine (C=N–C) groups is 1. The summed E-state index contributed by atoms with van der Waals surface area (Å²) in [6.07, 6.45) is -0.0663. The van der Waals surface area contributed by atoms with Crippen LogP contribution in [0.1, 0.15) is 31.1 Å². The second-order valence-corrected chi connectivity index (χ2v) is 6.44. The highest BCUT2D eigenvalue weighted by atomic mass is 19.3. The van der Waals surface area contributed by atoms with Crippen LogP contribution in [0.15, 0.2) is 53.5 Å². The van der Waals surface area contributed by atoms with Gasteiger partial charge in [0.2, 0.25) is 0 Å².